The maximum atomic E-state index is 10.0. The molecule has 0 saturated heterocycles. The van der Waals surface area contributed by atoms with Crippen LogP contribution in [0.1, 0.15) is 0 Å². The Morgan fingerprint density at radius 2 is 2.10 bits per heavy atom. The van der Waals surface area contributed by atoms with E-state index in [0.29, 0.717) is 11.4 Å². The number of nitrogens with zero attached hydrogens (tertiary/aromatic N) is 1. The van der Waals surface area contributed by atoms with Crippen molar-refractivity contribution in [3.8, 4) is 0 Å². The summed E-state index contributed by atoms with van der Waals surface area (Å²) in [6.45, 7) is 0. The van der Waals surface area contributed by atoms with Crippen molar-refractivity contribution in [1.82, 2.24) is 4.98 Å². The fourth-order valence-electron chi connectivity index (χ4n) is 0.547. The third-order valence-electron chi connectivity index (χ3n) is 0.965. The molecule has 0 atom stereocenters. The lowest BCUT2D eigenvalue weighted by molar-refractivity contribution is 1.33. The first-order chi connectivity index (χ1) is 4.86. The lowest BCUT2D eigenvalue weighted by atomic mass is 10.4. The van der Waals surface area contributed by atoms with Crippen molar-refractivity contribution in [3.05, 3.63) is 23.7 Å². The number of halogens is 1. The van der Waals surface area contributed by atoms with E-state index >= 15 is 0 Å². The van der Waals surface area contributed by atoms with Crippen molar-refractivity contribution in [2.75, 3.05) is 10.3 Å². The summed E-state index contributed by atoms with van der Waals surface area (Å²) in [7, 11) is 0. The summed E-state index contributed by atoms with van der Waals surface area (Å²) in [5.41, 5.74) is 2.66. The third kappa shape index (κ3) is 1.49. The van der Waals surface area contributed by atoms with Crippen molar-refractivity contribution in [3.63, 3.8) is 0 Å². The molecule has 1 aromatic rings. The molecule has 0 bridgehead atoms. The Labute approximate surface area is 62.9 Å². The molecule has 10 heavy (non-hydrogen) atoms. The van der Waals surface area contributed by atoms with Crippen LogP contribution in [0.3, 0.4) is 0 Å². The highest BCUT2D eigenvalue weighted by molar-refractivity contribution is 6.23. The highest BCUT2D eigenvalue weighted by atomic mass is 35.5. The molecule has 5 heteroatoms. The average Bonchev–Trinajstić information content (AvgIpc) is 2.05. The molecule has 0 spiro atoms. The van der Waals surface area contributed by atoms with Gasteiger partial charge in [-0.1, -0.05) is 0 Å². The van der Waals surface area contributed by atoms with Gasteiger partial charge >= 0.3 is 0 Å². The molecular weight excluding hydrogens is 154 g/mol. The molecule has 0 aliphatic carbocycles. The summed E-state index contributed by atoms with van der Waals surface area (Å²) < 4.78 is 0. The molecule has 0 amide bonds. The van der Waals surface area contributed by atoms with Crippen molar-refractivity contribution >= 4 is 23.2 Å². The van der Waals surface area contributed by atoms with Crippen molar-refractivity contribution in [1.29, 1.82) is 0 Å². The normalized spacial score (nSPS) is 9.00. The molecule has 4 nitrogen and oxygen atoms in total. The van der Waals surface area contributed by atoms with Gasteiger partial charge in [0.1, 0.15) is 0 Å². The molecule has 2 N–H and O–H groups in total. The van der Waals surface area contributed by atoms with Crippen LogP contribution < -0.4 is 10.3 Å². The summed E-state index contributed by atoms with van der Waals surface area (Å²) in [4.78, 5) is 6.05. The zero-order valence-electron chi connectivity index (χ0n) is 4.97. The van der Waals surface area contributed by atoms with E-state index in [0.717, 1.165) is 0 Å². The number of nitrogens with one attached hydrogen (secondary N) is 2. The first kappa shape index (κ1) is 7.11. The van der Waals surface area contributed by atoms with Gasteiger partial charge in [0.15, 0.2) is 0 Å². The van der Waals surface area contributed by atoms with Crippen LogP contribution >= 0.6 is 11.8 Å². The molecule has 0 fully saturated rings. The van der Waals surface area contributed by atoms with Crippen LogP contribution in [0.2, 0.25) is 0 Å². The number of pyridine rings is 1. The Hall–Kier alpha value is -1.000. The standard InChI is InChI=1S/C5H5ClN3O/c6-8-4-1-5(9-10)3-7-2-4/h1-3,8-9H/q-1. The number of rotatable bonds is 2. The second-order valence-electron chi connectivity index (χ2n) is 1.66. The van der Waals surface area contributed by atoms with E-state index in [1.807, 2.05) is 0 Å². The van der Waals surface area contributed by atoms with Gasteiger partial charge in [-0.25, -0.2) is 0 Å². The van der Waals surface area contributed by atoms with Crippen LogP contribution in [0, 0.1) is 5.21 Å². The second kappa shape index (κ2) is 3.24. The summed E-state index contributed by atoms with van der Waals surface area (Å²) >= 11 is 5.24. The first-order valence-electron chi connectivity index (χ1n) is 2.56. The number of anilines is 2. The lowest BCUT2D eigenvalue weighted by Gasteiger charge is -2.08. The van der Waals surface area contributed by atoms with Gasteiger partial charge in [0.05, 0.1) is 11.9 Å². The Morgan fingerprint density at radius 1 is 1.40 bits per heavy atom. The molecular formula is C5H5ClN3O-. The van der Waals surface area contributed by atoms with Gasteiger partial charge in [0.2, 0.25) is 0 Å². The van der Waals surface area contributed by atoms with Crippen LogP contribution in [-0.4, -0.2) is 4.98 Å². The quantitative estimate of drug-likeness (QED) is 0.507. The van der Waals surface area contributed by atoms with Crippen LogP contribution in [0.4, 0.5) is 11.4 Å². The summed E-state index contributed by atoms with van der Waals surface area (Å²) in [5.74, 6) is 0. The molecule has 0 unspecified atom stereocenters. The van der Waals surface area contributed by atoms with E-state index < -0.39 is 0 Å². The number of aromatic nitrogens is 1. The van der Waals surface area contributed by atoms with Gasteiger partial charge in [-0.05, 0) is 6.07 Å². The summed E-state index contributed by atoms with van der Waals surface area (Å²) in [6.07, 6.45) is 2.92. The molecule has 0 aromatic carbocycles. The SMILES string of the molecule is [O-]Nc1cncc(NCl)c1. The second-order valence-corrected chi connectivity index (χ2v) is 1.85. The largest absolute Gasteiger partial charge is 0.761 e. The molecule has 0 radical (unpaired) electrons. The smallest absolute Gasteiger partial charge is 0.0695 e. The minimum atomic E-state index is 0.380. The Bertz CT molecular complexity index is 199. The zero-order chi connectivity index (χ0) is 7.40. The van der Waals surface area contributed by atoms with E-state index in [1.165, 1.54) is 12.4 Å². The van der Waals surface area contributed by atoms with Crippen LogP contribution in [0.15, 0.2) is 18.5 Å². The Kier molecular flexibility index (Phi) is 2.30. The van der Waals surface area contributed by atoms with Gasteiger partial charge in [-0.15, -0.1) is 0 Å². The molecule has 1 heterocycles. The number of hydrogen-bond acceptors (Lipinski definition) is 4. The maximum Gasteiger partial charge on any atom is 0.0695 e. The zero-order valence-corrected chi connectivity index (χ0v) is 5.72. The Balaban J connectivity index is 2.87. The van der Waals surface area contributed by atoms with Gasteiger partial charge < -0.3 is 10.7 Å². The fraction of sp³-hybridized carbons (Fsp3) is 0. The van der Waals surface area contributed by atoms with Crippen LogP contribution in [-0.2, 0) is 0 Å². The van der Waals surface area contributed by atoms with E-state index in [-0.39, 0.29) is 0 Å². The molecule has 1 rings (SSSR count). The lowest BCUT2D eigenvalue weighted by Crippen LogP contribution is -1.88. The van der Waals surface area contributed by atoms with E-state index in [4.69, 9.17) is 11.8 Å². The van der Waals surface area contributed by atoms with E-state index in [1.54, 1.807) is 11.5 Å². The molecule has 54 valence electrons. The Morgan fingerprint density at radius 3 is 2.70 bits per heavy atom. The van der Waals surface area contributed by atoms with Crippen molar-refractivity contribution in [2.24, 2.45) is 0 Å². The van der Waals surface area contributed by atoms with Gasteiger partial charge in [0, 0.05) is 23.7 Å². The van der Waals surface area contributed by atoms with Crippen molar-refractivity contribution in [2.45, 2.75) is 0 Å². The van der Waals surface area contributed by atoms with Gasteiger partial charge in [0.25, 0.3) is 0 Å². The molecule has 0 saturated carbocycles. The monoisotopic (exact) mass is 158 g/mol. The first-order valence-corrected chi connectivity index (χ1v) is 2.94. The number of hydrogen-bond donors (Lipinski definition) is 2. The topological polar surface area (TPSA) is 60.0 Å². The predicted molar refractivity (Wildman–Crippen MR) is 40.7 cm³/mol. The van der Waals surface area contributed by atoms with Crippen LogP contribution in [0.5, 0.6) is 0 Å². The fourth-order valence-corrected chi connectivity index (χ4v) is 0.651. The van der Waals surface area contributed by atoms with Gasteiger partial charge in [-0.2, -0.15) is 0 Å². The van der Waals surface area contributed by atoms with Crippen LogP contribution in [0.25, 0.3) is 0 Å². The van der Waals surface area contributed by atoms with Crippen molar-refractivity contribution < 1.29 is 0 Å². The van der Waals surface area contributed by atoms with Gasteiger partial charge in [-0.3, -0.25) is 9.82 Å². The van der Waals surface area contributed by atoms with E-state index in [9.17, 15) is 5.21 Å². The molecule has 1 aromatic heterocycles. The summed E-state index contributed by atoms with van der Waals surface area (Å²) in [6, 6.07) is 1.55. The molecule has 0 aliphatic heterocycles. The highest BCUT2D eigenvalue weighted by Gasteiger charge is 1.88. The average molecular weight is 159 g/mol. The molecule has 0 aliphatic rings. The maximum absolute atomic E-state index is 10.0. The highest BCUT2D eigenvalue weighted by Crippen LogP contribution is 2.12. The minimum absolute atomic E-state index is 0.380. The predicted octanol–water partition coefficient (Wildman–Crippen LogP) is 1.56. The summed E-state index contributed by atoms with van der Waals surface area (Å²) in [5, 5.41) is 10.0. The van der Waals surface area contributed by atoms with E-state index in [2.05, 4.69) is 9.82 Å². The third-order valence-corrected chi connectivity index (χ3v) is 1.18. The minimum Gasteiger partial charge on any atom is -0.761 e.